The van der Waals surface area contributed by atoms with Gasteiger partial charge in [0, 0.05) is 12.2 Å². The van der Waals surface area contributed by atoms with Gasteiger partial charge in [0.05, 0.1) is 6.54 Å². The summed E-state index contributed by atoms with van der Waals surface area (Å²) in [7, 11) is 0. The highest BCUT2D eigenvalue weighted by Crippen LogP contribution is 1.80. The molecular formula is C12H21NO5. The van der Waals surface area contributed by atoms with Crippen molar-refractivity contribution in [2.75, 3.05) is 19.8 Å². The van der Waals surface area contributed by atoms with Crippen molar-refractivity contribution in [1.29, 1.82) is 0 Å². The number of nitrogens with one attached hydrogen (secondary N) is 1. The van der Waals surface area contributed by atoms with Gasteiger partial charge in [0.2, 0.25) is 0 Å². The van der Waals surface area contributed by atoms with Crippen LogP contribution in [0, 0.1) is 0 Å². The van der Waals surface area contributed by atoms with Gasteiger partial charge in [-0.25, -0.2) is 9.59 Å². The standard InChI is InChI=1S/C10H13NO5.2CH4/c1-3-9(13)15-6-5-11-8(12)7-16-10(14)4-2;;/h3-4H,1-2,5-7H2,(H,11,12);2*1H4. The summed E-state index contributed by atoms with van der Waals surface area (Å²) in [5.41, 5.74) is 0. The highest BCUT2D eigenvalue weighted by atomic mass is 16.5. The molecule has 6 nitrogen and oxygen atoms in total. The molecule has 0 atom stereocenters. The van der Waals surface area contributed by atoms with Crippen molar-refractivity contribution < 1.29 is 23.9 Å². The molecule has 0 aromatic heterocycles. The van der Waals surface area contributed by atoms with Crippen molar-refractivity contribution in [3.05, 3.63) is 25.3 Å². The molecule has 0 rings (SSSR count). The molecule has 0 spiro atoms. The summed E-state index contributed by atoms with van der Waals surface area (Å²) in [4.78, 5) is 32.1. The van der Waals surface area contributed by atoms with Crippen LogP contribution in [0.15, 0.2) is 25.3 Å². The zero-order chi connectivity index (χ0) is 12.4. The van der Waals surface area contributed by atoms with Gasteiger partial charge in [0.15, 0.2) is 6.61 Å². The lowest BCUT2D eigenvalue weighted by atomic mass is 10.5. The van der Waals surface area contributed by atoms with Crippen molar-refractivity contribution in [3.8, 4) is 0 Å². The second kappa shape index (κ2) is 13.0. The van der Waals surface area contributed by atoms with E-state index in [4.69, 9.17) is 0 Å². The number of esters is 2. The third-order valence-corrected chi connectivity index (χ3v) is 1.35. The molecular weight excluding hydrogens is 238 g/mol. The van der Waals surface area contributed by atoms with Gasteiger partial charge in [-0.1, -0.05) is 28.0 Å². The summed E-state index contributed by atoms with van der Waals surface area (Å²) in [6.07, 6.45) is 1.98. The molecule has 0 heterocycles. The minimum Gasteiger partial charge on any atom is -0.461 e. The van der Waals surface area contributed by atoms with Crippen molar-refractivity contribution in [2.45, 2.75) is 14.9 Å². The van der Waals surface area contributed by atoms with Crippen LogP contribution in [0.25, 0.3) is 0 Å². The molecule has 0 saturated carbocycles. The predicted octanol–water partition coefficient (Wildman–Crippen LogP) is 0.833. The first-order valence-electron chi connectivity index (χ1n) is 4.45. The number of hydrogen-bond acceptors (Lipinski definition) is 5. The van der Waals surface area contributed by atoms with E-state index in [-0.39, 0.29) is 34.6 Å². The molecule has 0 unspecified atom stereocenters. The molecule has 0 aromatic rings. The molecule has 104 valence electrons. The largest absolute Gasteiger partial charge is 0.461 e. The zero-order valence-electron chi connectivity index (χ0n) is 8.73. The molecule has 18 heavy (non-hydrogen) atoms. The number of carbonyl (C=O) groups excluding carboxylic acids is 3. The maximum atomic E-state index is 11.0. The van der Waals surface area contributed by atoms with Crippen molar-refractivity contribution in [1.82, 2.24) is 5.32 Å². The number of carbonyl (C=O) groups is 3. The predicted molar refractivity (Wildman–Crippen MR) is 68.8 cm³/mol. The minimum atomic E-state index is -0.673. The number of hydrogen-bond donors (Lipinski definition) is 1. The Hall–Kier alpha value is -2.11. The fourth-order valence-electron chi connectivity index (χ4n) is 0.648. The third kappa shape index (κ3) is 12.0. The van der Waals surface area contributed by atoms with E-state index >= 15 is 0 Å². The van der Waals surface area contributed by atoms with E-state index in [2.05, 4.69) is 27.9 Å². The van der Waals surface area contributed by atoms with E-state index < -0.39 is 17.8 Å². The molecule has 1 amide bonds. The summed E-state index contributed by atoms with van der Waals surface area (Å²) in [5, 5.41) is 2.38. The second-order valence-corrected chi connectivity index (χ2v) is 2.53. The van der Waals surface area contributed by atoms with Crippen LogP contribution in [0.4, 0.5) is 0 Å². The monoisotopic (exact) mass is 259 g/mol. The molecule has 0 saturated heterocycles. The smallest absolute Gasteiger partial charge is 0.330 e. The molecule has 0 aromatic carbocycles. The van der Waals surface area contributed by atoms with Gasteiger partial charge in [-0.2, -0.15) is 0 Å². The molecule has 1 N–H and O–H groups in total. The second-order valence-electron chi connectivity index (χ2n) is 2.53. The molecule has 0 fully saturated rings. The summed E-state index contributed by atoms with van der Waals surface area (Å²) < 4.78 is 9.05. The summed E-state index contributed by atoms with van der Waals surface area (Å²) in [6.45, 7) is 6.16. The van der Waals surface area contributed by atoms with Gasteiger partial charge in [-0.3, -0.25) is 4.79 Å². The Bertz CT molecular complexity index is 299. The SMILES string of the molecule is C.C.C=CC(=O)OCCNC(=O)COC(=O)C=C. The Labute approximate surface area is 108 Å². The quantitative estimate of drug-likeness (QED) is 0.416. The van der Waals surface area contributed by atoms with Crippen LogP contribution in [0.3, 0.4) is 0 Å². The average Bonchev–Trinajstić information content (AvgIpc) is 2.31. The van der Waals surface area contributed by atoms with E-state index in [1.54, 1.807) is 0 Å². The summed E-state index contributed by atoms with van der Waals surface area (Å²) in [6, 6.07) is 0. The van der Waals surface area contributed by atoms with Gasteiger partial charge in [-0.05, 0) is 0 Å². The molecule has 0 aliphatic rings. The van der Waals surface area contributed by atoms with E-state index in [1.165, 1.54) is 0 Å². The average molecular weight is 259 g/mol. The molecule has 0 radical (unpaired) electrons. The number of amides is 1. The Balaban J connectivity index is -0.00000112. The van der Waals surface area contributed by atoms with Crippen LogP contribution in [0.2, 0.25) is 0 Å². The zero-order valence-corrected chi connectivity index (χ0v) is 8.73. The van der Waals surface area contributed by atoms with Crippen molar-refractivity contribution >= 4 is 17.8 Å². The van der Waals surface area contributed by atoms with Crippen LogP contribution in [-0.4, -0.2) is 37.6 Å². The Morgan fingerprint density at radius 3 is 2.00 bits per heavy atom. The van der Waals surface area contributed by atoms with E-state index in [1.807, 2.05) is 0 Å². The number of rotatable bonds is 7. The van der Waals surface area contributed by atoms with Gasteiger partial charge >= 0.3 is 11.9 Å². The van der Waals surface area contributed by atoms with Gasteiger partial charge < -0.3 is 14.8 Å². The first-order valence-corrected chi connectivity index (χ1v) is 4.45. The van der Waals surface area contributed by atoms with Crippen LogP contribution in [0.1, 0.15) is 14.9 Å². The van der Waals surface area contributed by atoms with E-state index in [9.17, 15) is 14.4 Å². The summed E-state index contributed by atoms with van der Waals surface area (Å²) >= 11 is 0. The van der Waals surface area contributed by atoms with Crippen LogP contribution in [-0.2, 0) is 23.9 Å². The van der Waals surface area contributed by atoms with Crippen LogP contribution in [0.5, 0.6) is 0 Å². The van der Waals surface area contributed by atoms with Crippen LogP contribution >= 0.6 is 0 Å². The highest BCUT2D eigenvalue weighted by molar-refractivity contribution is 5.85. The first kappa shape index (κ1) is 21.2. The van der Waals surface area contributed by atoms with E-state index in [0.29, 0.717) is 0 Å². The fraction of sp³-hybridized carbons (Fsp3) is 0.417. The van der Waals surface area contributed by atoms with Crippen molar-refractivity contribution in [2.24, 2.45) is 0 Å². The maximum absolute atomic E-state index is 11.0. The Morgan fingerprint density at radius 1 is 1.00 bits per heavy atom. The van der Waals surface area contributed by atoms with Gasteiger partial charge in [0.1, 0.15) is 6.61 Å². The lowest BCUT2D eigenvalue weighted by Crippen LogP contribution is -2.31. The maximum Gasteiger partial charge on any atom is 0.330 e. The lowest BCUT2D eigenvalue weighted by molar-refractivity contribution is -0.144. The molecule has 0 aliphatic heterocycles. The molecule has 0 aliphatic carbocycles. The summed E-state index contributed by atoms with van der Waals surface area (Å²) in [5.74, 6) is -1.72. The van der Waals surface area contributed by atoms with Crippen molar-refractivity contribution in [3.63, 3.8) is 0 Å². The highest BCUT2D eigenvalue weighted by Gasteiger charge is 2.03. The van der Waals surface area contributed by atoms with Crippen LogP contribution < -0.4 is 5.32 Å². The fourth-order valence-corrected chi connectivity index (χ4v) is 0.648. The van der Waals surface area contributed by atoms with Gasteiger partial charge in [0.25, 0.3) is 5.91 Å². The normalized spacial score (nSPS) is 7.78. The Kier molecular flexibility index (Phi) is 15.3. The number of ether oxygens (including phenoxy) is 2. The first-order chi connectivity index (χ1) is 7.60. The minimum absolute atomic E-state index is 0. The Morgan fingerprint density at radius 2 is 1.50 bits per heavy atom. The van der Waals surface area contributed by atoms with E-state index in [0.717, 1.165) is 12.2 Å². The third-order valence-electron chi connectivity index (χ3n) is 1.35. The molecule has 0 bridgehead atoms. The topological polar surface area (TPSA) is 81.7 Å². The van der Waals surface area contributed by atoms with Gasteiger partial charge in [-0.15, -0.1) is 0 Å². The lowest BCUT2D eigenvalue weighted by Gasteiger charge is -2.05. The molecule has 6 heteroatoms.